The summed E-state index contributed by atoms with van der Waals surface area (Å²) in [4.78, 5) is 24.7. The lowest BCUT2D eigenvalue weighted by atomic mass is 10.3. The van der Waals surface area contributed by atoms with Crippen molar-refractivity contribution in [3.05, 3.63) is 40.2 Å². The van der Waals surface area contributed by atoms with Crippen LogP contribution in [0.5, 0.6) is 5.75 Å². The summed E-state index contributed by atoms with van der Waals surface area (Å²) in [6, 6.07) is 3.04. The first-order valence-corrected chi connectivity index (χ1v) is 9.68. The van der Waals surface area contributed by atoms with Crippen LogP contribution >= 0.6 is 11.3 Å². The molecule has 166 valence electrons. The van der Waals surface area contributed by atoms with Crippen molar-refractivity contribution < 1.29 is 27.5 Å². The summed E-state index contributed by atoms with van der Waals surface area (Å²) in [7, 11) is 1.25. The number of carbonyl (C=O) groups is 1. The van der Waals surface area contributed by atoms with Gasteiger partial charge >= 0.3 is 5.63 Å². The molecular weight excluding hydrogens is 438 g/mol. The highest BCUT2D eigenvalue weighted by atomic mass is 32.1. The van der Waals surface area contributed by atoms with Gasteiger partial charge in [0.25, 0.3) is 12.3 Å². The first kappa shape index (κ1) is 22.3. The van der Waals surface area contributed by atoms with Gasteiger partial charge in [-0.05, 0) is 13.0 Å². The Hall–Kier alpha value is -3.39. The topological polar surface area (TPSA) is 133 Å². The highest BCUT2D eigenvalue weighted by Crippen LogP contribution is 2.23. The molecule has 0 spiro atoms. The number of rotatable bonds is 10. The Labute approximate surface area is 178 Å². The summed E-state index contributed by atoms with van der Waals surface area (Å²) in [5, 5.41) is 17.9. The van der Waals surface area contributed by atoms with Gasteiger partial charge in [0.05, 0.1) is 19.4 Å². The molecule has 11 nitrogen and oxygen atoms in total. The Morgan fingerprint density at radius 3 is 2.87 bits per heavy atom. The van der Waals surface area contributed by atoms with E-state index < -0.39 is 24.6 Å². The van der Waals surface area contributed by atoms with Crippen LogP contribution in [0.1, 0.15) is 16.2 Å². The molecule has 0 atom stereocenters. The molecule has 3 aromatic rings. The lowest BCUT2D eigenvalue weighted by molar-refractivity contribution is 0.0215. The van der Waals surface area contributed by atoms with Gasteiger partial charge in [-0.15, -0.1) is 10.2 Å². The maximum absolute atomic E-state index is 12.5. The number of nitrogens with zero attached hydrogens (tertiary/aromatic N) is 4. The van der Waals surface area contributed by atoms with Crippen molar-refractivity contribution in [2.24, 2.45) is 0 Å². The fourth-order valence-corrected chi connectivity index (χ4v) is 3.19. The Kier molecular flexibility index (Phi) is 7.25. The van der Waals surface area contributed by atoms with Crippen molar-refractivity contribution in [2.75, 3.05) is 37.5 Å². The quantitative estimate of drug-likeness (QED) is 0.439. The minimum absolute atomic E-state index is 0.0460. The van der Waals surface area contributed by atoms with Gasteiger partial charge in [0, 0.05) is 24.5 Å². The maximum Gasteiger partial charge on any atom is 0.381 e. The van der Waals surface area contributed by atoms with Crippen LogP contribution in [0.25, 0.3) is 5.13 Å². The molecule has 0 aromatic carbocycles. The molecular formula is C17H18F2N6O5S. The molecule has 3 aromatic heterocycles. The van der Waals surface area contributed by atoms with Crippen LogP contribution in [-0.4, -0.2) is 59.2 Å². The van der Waals surface area contributed by atoms with E-state index in [4.69, 9.17) is 13.9 Å². The predicted octanol–water partition coefficient (Wildman–Crippen LogP) is 1.94. The van der Waals surface area contributed by atoms with Crippen LogP contribution in [0.2, 0.25) is 0 Å². The van der Waals surface area contributed by atoms with Crippen LogP contribution in [-0.2, 0) is 4.74 Å². The van der Waals surface area contributed by atoms with Crippen molar-refractivity contribution in [3.8, 4) is 10.9 Å². The average Bonchev–Trinajstić information content (AvgIpc) is 3.35. The standard InChI is InChI=1S/C17H18F2N6O5S/c1-9-3-4-21-25(9)17-24-23-16(31-17)22-14(26)11-7-10(13(28-2)15(27)30-11)20-5-6-29-8-12(18)19/h3-4,7,12,20H,5-6,8H2,1-2H3,(H,22,23,26). The smallest absolute Gasteiger partial charge is 0.381 e. The summed E-state index contributed by atoms with van der Waals surface area (Å²) in [6.07, 6.45) is -0.972. The zero-order valence-corrected chi connectivity index (χ0v) is 17.2. The van der Waals surface area contributed by atoms with E-state index >= 15 is 0 Å². The van der Waals surface area contributed by atoms with Gasteiger partial charge < -0.3 is 19.2 Å². The summed E-state index contributed by atoms with van der Waals surface area (Å²) in [5.74, 6) is -1.22. The third-order valence-electron chi connectivity index (χ3n) is 3.79. The van der Waals surface area contributed by atoms with Crippen LogP contribution in [0.4, 0.5) is 19.6 Å². The normalized spacial score (nSPS) is 11.0. The monoisotopic (exact) mass is 456 g/mol. The Bertz CT molecular complexity index is 1100. The van der Waals surface area contributed by atoms with E-state index in [2.05, 4.69) is 25.9 Å². The summed E-state index contributed by atoms with van der Waals surface area (Å²) in [6.45, 7) is 1.18. The van der Waals surface area contributed by atoms with E-state index in [0.29, 0.717) is 5.13 Å². The molecule has 0 saturated carbocycles. The first-order chi connectivity index (χ1) is 14.9. The number of methoxy groups -OCH3 is 1. The van der Waals surface area contributed by atoms with Gasteiger partial charge in [0.15, 0.2) is 5.76 Å². The molecule has 0 aliphatic carbocycles. The van der Waals surface area contributed by atoms with E-state index in [1.165, 1.54) is 13.2 Å². The van der Waals surface area contributed by atoms with Crippen LogP contribution < -0.4 is 21.0 Å². The first-order valence-electron chi connectivity index (χ1n) is 8.86. The fraction of sp³-hybridized carbons (Fsp3) is 0.353. The van der Waals surface area contributed by atoms with Crippen LogP contribution in [0, 0.1) is 6.92 Å². The van der Waals surface area contributed by atoms with Gasteiger partial charge in [-0.25, -0.2) is 18.3 Å². The maximum atomic E-state index is 12.5. The molecule has 3 rings (SSSR count). The second-order valence-electron chi connectivity index (χ2n) is 5.97. The van der Waals surface area contributed by atoms with Crippen molar-refractivity contribution in [1.29, 1.82) is 0 Å². The molecule has 1 amide bonds. The van der Waals surface area contributed by atoms with Crippen LogP contribution in [0.15, 0.2) is 27.5 Å². The molecule has 3 heterocycles. The summed E-state index contributed by atoms with van der Waals surface area (Å²) < 4.78 is 40.5. The number of aryl methyl sites for hydroxylation is 1. The molecule has 2 N–H and O–H groups in total. The SMILES string of the molecule is COc1c(NCCOCC(F)F)cc(C(=O)Nc2nnc(-n3nccc3C)s2)oc1=O. The van der Waals surface area contributed by atoms with Crippen molar-refractivity contribution in [2.45, 2.75) is 13.3 Å². The molecule has 0 fully saturated rings. The molecule has 14 heteroatoms. The van der Waals surface area contributed by atoms with E-state index in [1.54, 1.807) is 16.9 Å². The zero-order chi connectivity index (χ0) is 22.4. The lowest BCUT2D eigenvalue weighted by Gasteiger charge is -2.11. The largest absolute Gasteiger partial charge is 0.488 e. The number of hydrogen-bond acceptors (Lipinski definition) is 10. The summed E-state index contributed by atoms with van der Waals surface area (Å²) in [5.41, 5.74) is 0.0920. The van der Waals surface area contributed by atoms with Crippen molar-refractivity contribution in [1.82, 2.24) is 20.0 Å². The van der Waals surface area contributed by atoms with Gasteiger partial charge in [-0.2, -0.15) is 5.10 Å². The molecule has 0 aliphatic rings. The van der Waals surface area contributed by atoms with Gasteiger partial charge in [0.2, 0.25) is 16.0 Å². The lowest BCUT2D eigenvalue weighted by Crippen LogP contribution is -2.19. The zero-order valence-electron chi connectivity index (χ0n) is 16.4. The Balaban J connectivity index is 1.70. The van der Waals surface area contributed by atoms with Crippen molar-refractivity contribution in [3.63, 3.8) is 0 Å². The van der Waals surface area contributed by atoms with E-state index in [9.17, 15) is 18.4 Å². The molecule has 0 aliphatic heterocycles. The molecule has 31 heavy (non-hydrogen) atoms. The molecule has 0 saturated heterocycles. The minimum atomic E-state index is -2.58. The number of nitrogens with one attached hydrogen (secondary N) is 2. The third-order valence-corrected chi connectivity index (χ3v) is 4.60. The fourth-order valence-electron chi connectivity index (χ4n) is 2.43. The second-order valence-corrected chi connectivity index (χ2v) is 6.92. The van der Waals surface area contributed by atoms with E-state index in [0.717, 1.165) is 17.0 Å². The second kappa shape index (κ2) is 10.1. The Morgan fingerprint density at radius 2 is 2.19 bits per heavy atom. The number of amides is 1. The number of alkyl halides is 2. The number of carbonyl (C=O) groups excluding carboxylic acids is 1. The highest BCUT2D eigenvalue weighted by Gasteiger charge is 2.19. The van der Waals surface area contributed by atoms with Gasteiger partial charge in [-0.1, -0.05) is 11.3 Å². The predicted molar refractivity (Wildman–Crippen MR) is 107 cm³/mol. The number of ether oxygens (including phenoxy) is 2. The van der Waals surface area contributed by atoms with E-state index in [-0.39, 0.29) is 35.5 Å². The third kappa shape index (κ3) is 5.61. The Morgan fingerprint density at radius 1 is 1.39 bits per heavy atom. The number of halogens is 2. The minimum Gasteiger partial charge on any atom is -0.488 e. The molecule has 0 bridgehead atoms. The van der Waals surface area contributed by atoms with Gasteiger partial charge in [0.1, 0.15) is 6.61 Å². The molecule has 0 unspecified atom stereocenters. The van der Waals surface area contributed by atoms with Gasteiger partial charge in [-0.3, -0.25) is 10.1 Å². The summed E-state index contributed by atoms with van der Waals surface area (Å²) >= 11 is 1.07. The van der Waals surface area contributed by atoms with E-state index in [1.807, 2.05) is 6.92 Å². The molecule has 0 radical (unpaired) electrons. The highest BCUT2D eigenvalue weighted by molar-refractivity contribution is 7.17. The number of anilines is 2. The average molecular weight is 456 g/mol. The number of hydrogen-bond donors (Lipinski definition) is 2. The van der Waals surface area contributed by atoms with Crippen LogP contribution in [0.3, 0.4) is 0 Å². The number of aromatic nitrogens is 4. The van der Waals surface area contributed by atoms with Crippen molar-refractivity contribution >= 4 is 28.1 Å².